The molecule has 9 nitrogen and oxygen atoms in total. The van der Waals surface area contributed by atoms with Gasteiger partial charge < -0.3 is 11.1 Å². The Morgan fingerprint density at radius 3 is 2.96 bits per heavy atom. The van der Waals surface area contributed by atoms with Crippen LogP contribution in [0.3, 0.4) is 0 Å². The molecule has 0 bridgehead atoms. The highest BCUT2D eigenvalue weighted by molar-refractivity contribution is 7.03. The van der Waals surface area contributed by atoms with E-state index in [1.54, 1.807) is 0 Å². The Bertz CT molecular complexity index is 912. The number of halogens is 1. The van der Waals surface area contributed by atoms with Crippen molar-refractivity contribution in [2.45, 2.75) is 0 Å². The van der Waals surface area contributed by atoms with Crippen molar-refractivity contribution in [3.8, 4) is 0 Å². The van der Waals surface area contributed by atoms with Crippen molar-refractivity contribution in [1.82, 2.24) is 19.9 Å². The molecule has 24 heavy (non-hydrogen) atoms. The Morgan fingerprint density at radius 2 is 2.25 bits per heavy atom. The monoisotopic (exact) mass is 343 g/mol. The lowest BCUT2D eigenvalue weighted by Crippen LogP contribution is -2.19. The van der Waals surface area contributed by atoms with Crippen LogP contribution in [-0.2, 0) is 0 Å². The summed E-state index contributed by atoms with van der Waals surface area (Å²) in [6.07, 6.45) is 0. The molecule has 1 amide bonds. The van der Waals surface area contributed by atoms with Crippen LogP contribution >= 0.6 is 11.5 Å². The van der Waals surface area contributed by atoms with Gasteiger partial charge in [0.15, 0.2) is 17.2 Å². The van der Waals surface area contributed by atoms with E-state index >= 15 is 0 Å². The zero-order valence-electron chi connectivity index (χ0n) is 11.8. The van der Waals surface area contributed by atoms with Crippen molar-refractivity contribution in [1.29, 1.82) is 0 Å². The van der Waals surface area contributed by atoms with Crippen molar-refractivity contribution in [2.75, 3.05) is 5.32 Å². The Kier molecular flexibility index (Phi) is 4.29. The SMILES string of the molecule is [B]c1cc(N=C(N)c2nonc2NC(=O)c2csnn2)ccc1F. The molecule has 0 saturated carbocycles. The van der Waals surface area contributed by atoms with Crippen LogP contribution < -0.4 is 16.5 Å². The predicted octanol–water partition coefficient (Wildman–Crippen LogP) is 0.143. The largest absolute Gasteiger partial charge is 0.382 e. The number of amidine groups is 1. The van der Waals surface area contributed by atoms with E-state index in [0.717, 1.165) is 17.6 Å². The summed E-state index contributed by atoms with van der Waals surface area (Å²) in [6, 6.07) is 3.83. The zero-order chi connectivity index (χ0) is 17.1. The van der Waals surface area contributed by atoms with Crippen LogP contribution in [-0.4, -0.2) is 39.5 Å². The standard InChI is InChI=1S/C12H7BFN7O2S/c13-6-3-5(1-2-7(6)14)16-10(15)9-11(20-23-19-9)17-12(22)8-4-24-21-18-8/h1-4H,(H2,15,16)(H,17,20,22). The maximum atomic E-state index is 13.2. The van der Waals surface area contributed by atoms with Crippen molar-refractivity contribution in [2.24, 2.45) is 10.7 Å². The fourth-order valence-electron chi connectivity index (χ4n) is 1.67. The number of benzene rings is 1. The molecule has 2 heterocycles. The van der Waals surface area contributed by atoms with Gasteiger partial charge in [0.05, 0.1) is 5.69 Å². The average molecular weight is 343 g/mol. The van der Waals surface area contributed by atoms with Crippen LogP contribution in [0.15, 0.2) is 33.2 Å². The van der Waals surface area contributed by atoms with Gasteiger partial charge in [-0.3, -0.25) is 4.79 Å². The number of amides is 1. The second-order valence-corrected chi connectivity index (χ2v) is 5.02. The molecule has 3 rings (SSSR count). The molecule has 0 atom stereocenters. The average Bonchev–Trinajstić information content (AvgIpc) is 3.22. The third kappa shape index (κ3) is 3.27. The second kappa shape index (κ2) is 6.54. The molecule has 0 aliphatic heterocycles. The number of nitrogens with two attached hydrogens (primary N) is 1. The van der Waals surface area contributed by atoms with Gasteiger partial charge >= 0.3 is 0 Å². The van der Waals surface area contributed by atoms with Crippen molar-refractivity contribution in [3.63, 3.8) is 0 Å². The van der Waals surface area contributed by atoms with E-state index in [-0.39, 0.29) is 28.5 Å². The number of hydrogen-bond donors (Lipinski definition) is 2. The predicted molar refractivity (Wildman–Crippen MR) is 84.3 cm³/mol. The maximum Gasteiger partial charge on any atom is 0.278 e. The summed E-state index contributed by atoms with van der Waals surface area (Å²) in [4.78, 5) is 16.0. The van der Waals surface area contributed by atoms with E-state index in [2.05, 4.69) is 34.8 Å². The summed E-state index contributed by atoms with van der Waals surface area (Å²) in [7, 11) is 5.46. The number of nitrogens with zero attached hydrogens (tertiary/aromatic N) is 5. The highest BCUT2D eigenvalue weighted by Gasteiger charge is 2.18. The quantitative estimate of drug-likeness (QED) is 0.391. The van der Waals surface area contributed by atoms with Crippen LogP contribution in [0.4, 0.5) is 15.9 Å². The van der Waals surface area contributed by atoms with Crippen LogP contribution in [0.5, 0.6) is 0 Å². The van der Waals surface area contributed by atoms with Crippen LogP contribution in [0.1, 0.15) is 16.2 Å². The van der Waals surface area contributed by atoms with Gasteiger partial charge in [0, 0.05) is 5.38 Å². The highest BCUT2D eigenvalue weighted by Crippen LogP contribution is 2.15. The number of nitrogens with one attached hydrogen (secondary N) is 1. The van der Waals surface area contributed by atoms with Gasteiger partial charge in [0.25, 0.3) is 5.91 Å². The molecule has 2 radical (unpaired) electrons. The van der Waals surface area contributed by atoms with Gasteiger partial charge in [-0.1, -0.05) is 9.95 Å². The van der Waals surface area contributed by atoms with Gasteiger partial charge in [-0.25, -0.2) is 14.0 Å². The van der Waals surface area contributed by atoms with Gasteiger partial charge in [0.2, 0.25) is 5.82 Å². The Hall–Kier alpha value is -3.15. The molecule has 3 N–H and O–H groups in total. The highest BCUT2D eigenvalue weighted by atomic mass is 32.1. The third-order valence-electron chi connectivity index (χ3n) is 2.78. The number of anilines is 1. The topological polar surface area (TPSA) is 132 Å². The van der Waals surface area contributed by atoms with E-state index in [1.165, 1.54) is 17.5 Å². The minimum Gasteiger partial charge on any atom is -0.382 e. The van der Waals surface area contributed by atoms with Crippen LogP contribution in [0, 0.1) is 5.82 Å². The van der Waals surface area contributed by atoms with E-state index < -0.39 is 11.7 Å². The van der Waals surface area contributed by atoms with Crippen molar-refractivity contribution in [3.05, 3.63) is 40.8 Å². The molecule has 2 aromatic heterocycles. The van der Waals surface area contributed by atoms with Crippen LogP contribution in [0.25, 0.3) is 0 Å². The summed E-state index contributed by atoms with van der Waals surface area (Å²) >= 11 is 1.02. The molecule has 0 aliphatic rings. The molecule has 0 fully saturated rings. The molecule has 0 aliphatic carbocycles. The normalized spacial score (nSPS) is 11.5. The number of rotatable bonds is 4. The lowest BCUT2D eigenvalue weighted by Gasteiger charge is -2.02. The molecular weight excluding hydrogens is 336 g/mol. The lowest BCUT2D eigenvalue weighted by atomic mass is 9.95. The fourth-order valence-corrected chi connectivity index (χ4v) is 2.10. The van der Waals surface area contributed by atoms with Gasteiger partial charge in [-0.15, -0.1) is 5.10 Å². The van der Waals surface area contributed by atoms with Gasteiger partial charge in [0.1, 0.15) is 13.7 Å². The molecule has 12 heteroatoms. The third-order valence-corrected chi connectivity index (χ3v) is 3.29. The maximum absolute atomic E-state index is 13.2. The summed E-state index contributed by atoms with van der Waals surface area (Å²) in [5.41, 5.74) is 6.17. The molecule has 118 valence electrons. The Morgan fingerprint density at radius 1 is 1.42 bits per heavy atom. The molecule has 0 spiro atoms. The first-order valence-electron chi connectivity index (χ1n) is 6.35. The molecule has 0 saturated heterocycles. The van der Waals surface area contributed by atoms with E-state index in [4.69, 9.17) is 13.6 Å². The number of aromatic nitrogens is 4. The fraction of sp³-hybridized carbons (Fsp3) is 0. The van der Waals surface area contributed by atoms with E-state index in [9.17, 15) is 9.18 Å². The summed E-state index contributed by atoms with van der Waals surface area (Å²) in [5, 5.41) is 14.7. The van der Waals surface area contributed by atoms with Crippen LogP contribution in [0.2, 0.25) is 0 Å². The number of carbonyl (C=O) groups is 1. The minimum atomic E-state index is -0.569. The Balaban J connectivity index is 1.84. The number of hydrogen-bond acceptors (Lipinski definition) is 8. The van der Waals surface area contributed by atoms with Gasteiger partial charge in [-0.05, 0) is 40.0 Å². The summed E-state index contributed by atoms with van der Waals surface area (Å²) in [5.74, 6) is -1.27. The lowest BCUT2D eigenvalue weighted by molar-refractivity contribution is 0.102. The Labute approximate surface area is 139 Å². The molecular formula is C12H7BFN7O2S. The first-order valence-corrected chi connectivity index (χ1v) is 7.19. The number of carbonyl (C=O) groups excluding carboxylic acids is 1. The van der Waals surface area contributed by atoms with E-state index in [1.807, 2.05) is 0 Å². The molecule has 0 unspecified atom stereocenters. The summed E-state index contributed by atoms with van der Waals surface area (Å²) in [6.45, 7) is 0. The van der Waals surface area contributed by atoms with Crippen molar-refractivity contribution < 1.29 is 13.8 Å². The first-order chi connectivity index (χ1) is 11.5. The number of aliphatic imine (C=N–C) groups is 1. The summed E-state index contributed by atoms with van der Waals surface area (Å²) < 4.78 is 21.3. The zero-order valence-corrected chi connectivity index (χ0v) is 12.6. The first kappa shape index (κ1) is 15.7. The molecule has 1 aromatic carbocycles. The second-order valence-electron chi connectivity index (χ2n) is 4.41. The minimum absolute atomic E-state index is 0.00874. The van der Waals surface area contributed by atoms with Crippen molar-refractivity contribution >= 4 is 48.1 Å². The van der Waals surface area contributed by atoms with Gasteiger partial charge in [-0.2, -0.15) is 0 Å². The van der Waals surface area contributed by atoms with E-state index in [0.29, 0.717) is 5.69 Å². The molecule has 3 aromatic rings. The smallest absolute Gasteiger partial charge is 0.278 e.